The van der Waals surface area contributed by atoms with Crippen LogP contribution in [0.25, 0.3) is 22.5 Å². The zero-order chi connectivity index (χ0) is 17.8. The molecule has 3 aromatic rings. The summed E-state index contributed by atoms with van der Waals surface area (Å²) in [7, 11) is 1.85. The maximum absolute atomic E-state index is 12.8. The number of nitrogens with zero attached hydrogens (tertiary/aromatic N) is 1. The van der Waals surface area contributed by atoms with Crippen LogP contribution >= 0.6 is 0 Å². The number of ether oxygens (including phenoxy) is 1. The summed E-state index contributed by atoms with van der Waals surface area (Å²) >= 11 is 0. The van der Waals surface area contributed by atoms with Gasteiger partial charge in [0.15, 0.2) is 5.43 Å². The van der Waals surface area contributed by atoms with Crippen molar-refractivity contribution in [3.63, 3.8) is 0 Å². The summed E-state index contributed by atoms with van der Waals surface area (Å²) in [6, 6.07) is 20.5. The number of hydrogen-bond donors (Lipinski definition) is 0. The first-order valence-corrected chi connectivity index (χ1v) is 8.15. The van der Waals surface area contributed by atoms with Crippen LogP contribution in [0.3, 0.4) is 0 Å². The first-order valence-electron chi connectivity index (χ1n) is 8.15. The van der Waals surface area contributed by atoms with Crippen molar-refractivity contribution in [2.75, 3.05) is 6.61 Å². The Kier molecular flexibility index (Phi) is 4.80. The molecule has 0 aliphatic carbocycles. The molecule has 3 rings (SSSR count). The summed E-state index contributed by atoms with van der Waals surface area (Å²) in [5, 5.41) is 0. The third kappa shape index (κ3) is 3.24. The van der Waals surface area contributed by atoms with Gasteiger partial charge in [0.1, 0.15) is 5.56 Å². The van der Waals surface area contributed by atoms with E-state index < -0.39 is 5.97 Å². The first-order chi connectivity index (χ1) is 12.1. The lowest BCUT2D eigenvalue weighted by Crippen LogP contribution is -2.22. The van der Waals surface area contributed by atoms with Crippen molar-refractivity contribution in [2.45, 2.75) is 6.92 Å². The molecule has 0 bridgehead atoms. The fraction of sp³-hybridized carbons (Fsp3) is 0.143. The maximum atomic E-state index is 12.8. The van der Waals surface area contributed by atoms with Crippen LogP contribution in [0.2, 0.25) is 0 Å². The largest absolute Gasteiger partial charge is 0.462 e. The third-order valence-corrected chi connectivity index (χ3v) is 4.04. The topological polar surface area (TPSA) is 48.3 Å². The summed E-state index contributed by atoms with van der Waals surface area (Å²) in [6.07, 6.45) is 0. The Labute approximate surface area is 146 Å². The molecule has 0 radical (unpaired) electrons. The normalized spacial score (nSPS) is 10.5. The number of carbonyl (C=O) groups is 1. The van der Waals surface area contributed by atoms with Gasteiger partial charge in [-0.2, -0.15) is 0 Å². The number of aromatic nitrogens is 1. The molecule has 25 heavy (non-hydrogen) atoms. The van der Waals surface area contributed by atoms with Crippen molar-refractivity contribution in [1.82, 2.24) is 4.57 Å². The molecule has 0 aliphatic rings. The molecule has 4 heteroatoms. The maximum Gasteiger partial charge on any atom is 0.344 e. The average molecular weight is 333 g/mol. The van der Waals surface area contributed by atoms with E-state index in [1.807, 2.05) is 72.3 Å². The molecule has 0 amide bonds. The van der Waals surface area contributed by atoms with E-state index in [-0.39, 0.29) is 17.6 Å². The van der Waals surface area contributed by atoms with Crippen LogP contribution in [0, 0.1) is 0 Å². The molecular weight excluding hydrogens is 314 g/mol. The van der Waals surface area contributed by atoms with Gasteiger partial charge in [-0.05, 0) is 18.1 Å². The van der Waals surface area contributed by atoms with E-state index in [4.69, 9.17) is 4.74 Å². The summed E-state index contributed by atoms with van der Waals surface area (Å²) in [6.45, 7) is 1.94. The number of benzene rings is 2. The van der Waals surface area contributed by atoms with E-state index in [2.05, 4.69) is 0 Å². The van der Waals surface area contributed by atoms with Gasteiger partial charge in [-0.3, -0.25) is 4.79 Å². The van der Waals surface area contributed by atoms with Crippen LogP contribution < -0.4 is 5.43 Å². The van der Waals surface area contributed by atoms with Gasteiger partial charge in [0.05, 0.1) is 18.0 Å². The predicted octanol–water partition coefficient (Wildman–Crippen LogP) is 3.90. The molecule has 4 nitrogen and oxygen atoms in total. The zero-order valence-electron chi connectivity index (χ0n) is 14.2. The minimum atomic E-state index is -0.596. The highest BCUT2D eigenvalue weighted by Gasteiger charge is 2.22. The van der Waals surface area contributed by atoms with Gasteiger partial charge in [0.2, 0.25) is 0 Å². The van der Waals surface area contributed by atoms with E-state index in [9.17, 15) is 9.59 Å². The Morgan fingerprint density at radius 2 is 1.52 bits per heavy atom. The molecule has 1 heterocycles. The fourth-order valence-corrected chi connectivity index (χ4v) is 2.92. The van der Waals surface area contributed by atoms with Gasteiger partial charge in [0, 0.05) is 13.1 Å². The molecule has 0 saturated carbocycles. The Hall–Kier alpha value is -3.14. The fourth-order valence-electron chi connectivity index (χ4n) is 2.92. The van der Waals surface area contributed by atoms with Gasteiger partial charge in [-0.15, -0.1) is 0 Å². The predicted molar refractivity (Wildman–Crippen MR) is 98.5 cm³/mol. The number of carbonyl (C=O) groups excluding carboxylic acids is 1. The molecule has 0 atom stereocenters. The van der Waals surface area contributed by atoms with Crippen molar-refractivity contribution in [2.24, 2.45) is 7.05 Å². The lowest BCUT2D eigenvalue weighted by Gasteiger charge is -2.18. The standard InChI is InChI=1S/C21H19NO3/c1-3-25-21(24)19-18(23)14-17(15-10-6-4-7-11-15)22(2)20(19)16-12-8-5-9-13-16/h4-14H,3H2,1-2H3. The molecule has 2 aromatic carbocycles. The lowest BCUT2D eigenvalue weighted by atomic mass is 10.0. The highest BCUT2D eigenvalue weighted by Crippen LogP contribution is 2.27. The summed E-state index contributed by atoms with van der Waals surface area (Å²) in [5.41, 5.74) is 2.74. The summed E-state index contributed by atoms with van der Waals surface area (Å²) in [5.74, 6) is -0.596. The smallest absolute Gasteiger partial charge is 0.344 e. The van der Waals surface area contributed by atoms with Crippen LogP contribution in [0.5, 0.6) is 0 Å². The van der Waals surface area contributed by atoms with E-state index in [0.29, 0.717) is 5.69 Å². The van der Waals surface area contributed by atoms with Crippen molar-refractivity contribution in [1.29, 1.82) is 0 Å². The SMILES string of the molecule is CCOC(=O)c1c(-c2ccccc2)n(C)c(-c2ccccc2)cc1=O. The average Bonchev–Trinajstić information content (AvgIpc) is 2.64. The van der Waals surface area contributed by atoms with Gasteiger partial charge in [0.25, 0.3) is 0 Å². The number of rotatable bonds is 4. The van der Waals surface area contributed by atoms with Crippen molar-refractivity contribution in [3.05, 3.63) is 82.5 Å². The summed E-state index contributed by atoms with van der Waals surface area (Å²) in [4.78, 5) is 25.2. The molecule has 0 unspecified atom stereocenters. The Morgan fingerprint density at radius 1 is 0.960 bits per heavy atom. The second kappa shape index (κ2) is 7.18. The number of hydrogen-bond acceptors (Lipinski definition) is 3. The second-order valence-electron chi connectivity index (χ2n) is 5.63. The lowest BCUT2D eigenvalue weighted by molar-refractivity contribution is 0.0525. The van der Waals surface area contributed by atoms with E-state index in [0.717, 1.165) is 16.8 Å². The quantitative estimate of drug-likeness (QED) is 0.681. The van der Waals surface area contributed by atoms with Crippen molar-refractivity contribution in [3.8, 4) is 22.5 Å². The summed E-state index contributed by atoms with van der Waals surface area (Å²) < 4.78 is 6.99. The highest BCUT2D eigenvalue weighted by molar-refractivity contribution is 5.97. The van der Waals surface area contributed by atoms with E-state index in [1.54, 1.807) is 6.92 Å². The van der Waals surface area contributed by atoms with Gasteiger partial charge in [-0.25, -0.2) is 4.79 Å². The monoisotopic (exact) mass is 333 g/mol. The Balaban J connectivity index is 2.33. The second-order valence-corrected chi connectivity index (χ2v) is 5.63. The Morgan fingerprint density at radius 3 is 2.08 bits per heavy atom. The molecule has 0 N–H and O–H groups in total. The highest BCUT2D eigenvalue weighted by atomic mass is 16.5. The van der Waals surface area contributed by atoms with Gasteiger partial charge in [-0.1, -0.05) is 60.7 Å². The zero-order valence-corrected chi connectivity index (χ0v) is 14.2. The van der Waals surface area contributed by atoms with Crippen LogP contribution in [-0.4, -0.2) is 17.1 Å². The molecule has 1 aromatic heterocycles. The molecule has 0 aliphatic heterocycles. The van der Waals surface area contributed by atoms with Crippen LogP contribution in [0.4, 0.5) is 0 Å². The minimum Gasteiger partial charge on any atom is -0.462 e. The Bertz CT molecular complexity index is 944. The molecule has 0 spiro atoms. The minimum absolute atomic E-state index is 0.0650. The van der Waals surface area contributed by atoms with Crippen LogP contribution in [-0.2, 0) is 11.8 Å². The van der Waals surface area contributed by atoms with Gasteiger partial charge < -0.3 is 9.30 Å². The van der Waals surface area contributed by atoms with E-state index in [1.165, 1.54) is 6.07 Å². The number of esters is 1. The molecular formula is C21H19NO3. The van der Waals surface area contributed by atoms with Crippen molar-refractivity contribution < 1.29 is 9.53 Å². The number of pyridine rings is 1. The molecule has 126 valence electrons. The van der Waals surface area contributed by atoms with Crippen LogP contribution in [0.15, 0.2) is 71.5 Å². The molecule has 0 saturated heterocycles. The van der Waals surface area contributed by atoms with E-state index >= 15 is 0 Å². The van der Waals surface area contributed by atoms with Crippen LogP contribution in [0.1, 0.15) is 17.3 Å². The first kappa shape index (κ1) is 16.7. The van der Waals surface area contributed by atoms with Crippen molar-refractivity contribution >= 4 is 5.97 Å². The molecule has 0 fully saturated rings. The third-order valence-electron chi connectivity index (χ3n) is 4.04. The van der Waals surface area contributed by atoms with Gasteiger partial charge >= 0.3 is 5.97 Å².